The molecule has 3 rings (SSSR count). The molecule has 0 radical (unpaired) electrons. The van der Waals surface area contributed by atoms with Crippen LogP contribution in [-0.2, 0) is 22.6 Å². The lowest BCUT2D eigenvalue weighted by molar-refractivity contribution is -0.121. The predicted octanol–water partition coefficient (Wildman–Crippen LogP) is 3.50. The normalized spacial score (nSPS) is 19.7. The smallest absolute Gasteiger partial charge is 0.220 e. The first-order valence-electron chi connectivity index (χ1n) is 9.95. The van der Waals surface area contributed by atoms with Gasteiger partial charge in [-0.3, -0.25) is 9.69 Å². The molecule has 1 saturated heterocycles. The number of ether oxygens (including phenoxy) is 1. The molecule has 138 valence electrons. The molecule has 1 aliphatic carbocycles. The third kappa shape index (κ3) is 6.12. The average molecular weight is 344 g/mol. The molecule has 1 heterocycles. The van der Waals surface area contributed by atoms with Crippen molar-refractivity contribution < 1.29 is 9.53 Å². The van der Waals surface area contributed by atoms with Gasteiger partial charge in [0.15, 0.2) is 0 Å². The Hall–Kier alpha value is -1.39. The van der Waals surface area contributed by atoms with Gasteiger partial charge in [0, 0.05) is 32.6 Å². The van der Waals surface area contributed by atoms with E-state index in [2.05, 4.69) is 34.5 Å². The molecule has 2 fully saturated rings. The minimum atomic E-state index is 0.201. The molecule has 0 aromatic heterocycles. The van der Waals surface area contributed by atoms with Crippen LogP contribution < -0.4 is 5.32 Å². The van der Waals surface area contributed by atoms with Crippen LogP contribution in [0.2, 0.25) is 0 Å². The van der Waals surface area contributed by atoms with Crippen LogP contribution in [0.1, 0.15) is 56.1 Å². The van der Waals surface area contributed by atoms with Gasteiger partial charge in [-0.2, -0.15) is 0 Å². The van der Waals surface area contributed by atoms with Crippen molar-refractivity contribution in [3.05, 3.63) is 35.4 Å². The lowest BCUT2D eigenvalue weighted by Crippen LogP contribution is -2.36. The Labute approximate surface area is 151 Å². The van der Waals surface area contributed by atoms with E-state index in [9.17, 15) is 4.79 Å². The van der Waals surface area contributed by atoms with Crippen LogP contribution in [-0.4, -0.2) is 37.1 Å². The Morgan fingerprint density at radius 2 is 1.80 bits per heavy atom. The molecule has 1 N–H and O–H groups in total. The van der Waals surface area contributed by atoms with Gasteiger partial charge in [-0.05, 0) is 23.5 Å². The number of carbonyl (C=O) groups excluding carboxylic acids is 1. The molecule has 4 heteroatoms. The molecule has 1 aromatic rings. The van der Waals surface area contributed by atoms with Crippen LogP contribution >= 0.6 is 0 Å². The summed E-state index contributed by atoms with van der Waals surface area (Å²) >= 11 is 0. The highest BCUT2D eigenvalue weighted by atomic mass is 16.5. The van der Waals surface area contributed by atoms with Gasteiger partial charge in [0.1, 0.15) is 0 Å². The number of benzene rings is 1. The van der Waals surface area contributed by atoms with Crippen molar-refractivity contribution in [1.82, 2.24) is 10.2 Å². The zero-order valence-corrected chi connectivity index (χ0v) is 15.3. The van der Waals surface area contributed by atoms with E-state index in [0.717, 1.165) is 45.2 Å². The number of morpholine rings is 1. The van der Waals surface area contributed by atoms with Gasteiger partial charge < -0.3 is 10.1 Å². The first kappa shape index (κ1) is 18.4. The zero-order chi connectivity index (χ0) is 17.3. The molecular formula is C21H32N2O2. The maximum absolute atomic E-state index is 12.2. The van der Waals surface area contributed by atoms with Crippen molar-refractivity contribution >= 4 is 5.91 Å². The van der Waals surface area contributed by atoms with Crippen LogP contribution in [0.4, 0.5) is 0 Å². The minimum Gasteiger partial charge on any atom is -0.379 e. The standard InChI is InChI=1S/C21H32N2O2/c24-21(11-10-18-6-2-1-3-7-18)22-16-19-8-4-5-9-20(19)17-23-12-14-25-15-13-23/h4-5,8-9,18H,1-3,6-7,10-17H2,(H,22,24). The van der Waals surface area contributed by atoms with E-state index in [1.807, 2.05) is 0 Å². The summed E-state index contributed by atoms with van der Waals surface area (Å²) in [6.45, 7) is 5.20. The number of nitrogens with zero attached hydrogens (tertiary/aromatic N) is 1. The van der Waals surface area contributed by atoms with E-state index >= 15 is 0 Å². The second-order valence-corrected chi connectivity index (χ2v) is 7.48. The highest BCUT2D eigenvalue weighted by molar-refractivity contribution is 5.75. The quantitative estimate of drug-likeness (QED) is 0.823. The summed E-state index contributed by atoms with van der Waals surface area (Å²) in [6.07, 6.45) is 8.44. The molecular weight excluding hydrogens is 312 g/mol. The van der Waals surface area contributed by atoms with E-state index in [0.29, 0.717) is 13.0 Å². The third-order valence-electron chi connectivity index (χ3n) is 5.60. The lowest BCUT2D eigenvalue weighted by Gasteiger charge is -2.27. The summed E-state index contributed by atoms with van der Waals surface area (Å²) in [6, 6.07) is 8.46. The summed E-state index contributed by atoms with van der Waals surface area (Å²) in [5.41, 5.74) is 2.55. The summed E-state index contributed by atoms with van der Waals surface area (Å²) in [7, 11) is 0. The summed E-state index contributed by atoms with van der Waals surface area (Å²) in [4.78, 5) is 14.6. The Kier molecular flexibility index (Phi) is 7.31. The average Bonchev–Trinajstić information content (AvgIpc) is 2.67. The largest absolute Gasteiger partial charge is 0.379 e. The maximum Gasteiger partial charge on any atom is 0.220 e. The number of carbonyl (C=O) groups is 1. The van der Waals surface area contributed by atoms with Crippen LogP contribution in [0.25, 0.3) is 0 Å². The van der Waals surface area contributed by atoms with Crippen LogP contribution in [0.3, 0.4) is 0 Å². The maximum atomic E-state index is 12.2. The molecule has 0 spiro atoms. The summed E-state index contributed by atoms with van der Waals surface area (Å²) in [5, 5.41) is 3.13. The Bertz CT molecular complexity index is 534. The molecule has 0 bridgehead atoms. The molecule has 1 amide bonds. The Balaban J connectivity index is 1.44. The molecule has 1 aliphatic heterocycles. The van der Waals surface area contributed by atoms with E-state index in [1.165, 1.54) is 43.2 Å². The monoisotopic (exact) mass is 344 g/mol. The summed E-state index contributed by atoms with van der Waals surface area (Å²) in [5.74, 6) is 0.972. The van der Waals surface area contributed by atoms with Crippen molar-refractivity contribution in [2.75, 3.05) is 26.3 Å². The summed E-state index contributed by atoms with van der Waals surface area (Å²) < 4.78 is 5.42. The Morgan fingerprint density at radius 1 is 1.08 bits per heavy atom. The topological polar surface area (TPSA) is 41.6 Å². The molecule has 0 unspecified atom stereocenters. The van der Waals surface area contributed by atoms with Gasteiger partial charge in [0.05, 0.1) is 13.2 Å². The number of hydrogen-bond acceptors (Lipinski definition) is 3. The van der Waals surface area contributed by atoms with E-state index in [1.54, 1.807) is 0 Å². The minimum absolute atomic E-state index is 0.201. The molecule has 1 aromatic carbocycles. The van der Waals surface area contributed by atoms with Crippen molar-refractivity contribution in [3.8, 4) is 0 Å². The lowest BCUT2D eigenvalue weighted by atomic mass is 9.86. The van der Waals surface area contributed by atoms with Gasteiger partial charge >= 0.3 is 0 Å². The van der Waals surface area contributed by atoms with Crippen molar-refractivity contribution in [1.29, 1.82) is 0 Å². The van der Waals surface area contributed by atoms with Gasteiger partial charge in [-0.1, -0.05) is 56.4 Å². The van der Waals surface area contributed by atoms with Crippen LogP contribution in [0.15, 0.2) is 24.3 Å². The molecule has 2 aliphatic rings. The zero-order valence-electron chi connectivity index (χ0n) is 15.3. The van der Waals surface area contributed by atoms with Gasteiger partial charge in [0.25, 0.3) is 0 Å². The first-order chi connectivity index (χ1) is 12.3. The third-order valence-corrected chi connectivity index (χ3v) is 5.60. The van der Waals surface area contributed by atoms with E-state index < -0.39 is 0 Å². The fraction of sp³-hybridized carbons (Fsp3) is 0.667. The molecule has 1 saturated carbocycles. The first-order valence-corrected chi connectivity index (χ1v) is 9.95. The SMILES string of the molecule is O=C(CCC1CCCCC1)NCc1ccccc1CN1CCOCC1. The van der Waals surface area contributed by atoms with Crippen LogP contribution in [0, 0.1) is 5.92 Å². The van der Waals surface area contributed by atoms with E-state index in [-0.39, 0.29) is 5.91 Å². The predicted molar refractivity (Wildman–Crippen MR) is 100 cm³/mol. The van der Waals surface area contributed by atoms with Crippen molar-refractivity contribution in [3.63, 3.8) is 0 Å². The number of hydrogen-bond donors (Lipinski definition) is 1. The molecule has 25 heavy (non-hydrogen) atoms. The molecule has 4 nitrogen and oxygen atoms in total. The second-order valence-electron chi connectivity index (χ2n) is 7.48. The van der Waals surface area contributed by atoms with Crippen molar-refractivity contribution in [2.24, 2.45) is 5.92 Å². The van der Waals surface area contributed by atoms with Gasteiger partial charge in [0.2, 0.25) is 5.91 Å². The Morgan fingerprint density at radius 3 is 2.56 bits per heavy atom. The molecule has 0 atom stereocenters. The fourth-order valence-electron chi connectivity index (χ4n) is 3.98. The highest BCUT2D eigenvalue weighted by Gasteiger charge is 2.15. The second kappa shape index (κ2) is 9.93. The number of rotatable bonds is 7. The van der Waals surface area contributed by atoms with Crippen LogP contribution in [0.5, 0.6) is 0 Å². The van der Waals surface area contributed by atoms with Crippen molar-refractivity contribution in [2.45, 2.75) is 58.0 Å². The van der Waals surface area contributed by atoms with E-state index in [4.69, 9.17) is 4.74 Å². The van der Waals surface area contributed by atoms with Gasteiger partial charge in [-0.25, -0.2) is 0 Å². The number of amides is 1. The highest BCUT2D eigenvalue weighted by Crippen LogP contribution is 2.27. The fourth-order valence-corrected chi connectivity index (χ4v) is 3.98. The number of nitrogens with one attached hydrogen (secondary N) is 1. The van der Waals surface area contributed by atoms with Gasteiger partial charge in [-0.15, -0.1) is 0 Å².